The molecule has 2 heterocycles. The molecule has 1 atom stereocenters. The van der Waals surface area contributed by atoms with Crippen molar-refractivity contribution in [2.45, 2.75) is 39.7 Å². The third-order valence-corrected chi connectivity index (χ3v) is 3.85. The smallest absolute Gasteiger partial charge is 0.223 e. The maximum atomic E-state index is 12.5. The number of hydrogen-bond donors (Lipinski definition) is 0. The molecular formula is C18H24N2O2. The molecule has 0 fully saturated rings. The van der Waals surface area contributed by atoms with Crippen molar-refractivity contribution in [3.63, 3.8) is 0 Å². The first kappa shape index (κ1) is 16.3. The summed E-state index contributed by atoms with van der Waals surface area (Å²) in [5.41, 5.74) is 1.07. The molecule has 0 aromatic carbocycles. The summed E-state index contributed by atoms with van der Waals surface area (Å²) in [7, 11) is 1.87. The Balaban J connectivity index is 2.03. The molecule has 0 aliphatic carbocycles. The normalized spacial score (nSPS) is 12.4. The van der Waals surface area contributed by atoms with Crippen LogP contribution in [-0.2, 0) is 11.2 Å². The molecule has 0 aliphatic rings. The number of amides is 1. The summed E-state index contributed by atoms with van der Waals surface area (Å²) >= 11 is 0. The molecule has 0 radical (unpaired) electrons. The van der Waals surface area contributed by atoms with Crippen LogP contribution in [-0.4, -0.2) is 22.8 Å². The Morgan fingerprint density at radius 3 is 2.64 bits per heavy atom. The second-order valence-corrected chi connectivity index (χ2v) is 5.99. The Morgan fingerprint density at radius 2 is 2.09 bits per heavy atom. The van der Waals surface area contributed by atoms with E-state index >= 15 is 0 Å². The van der Waals surface area contributed by atoms with Crippen LogP contribution in [0.5, 0.6) is 0 Å². The van der Waals surface area contributed by atoms with E-state index in [0.29, 0.717) is 18.8 Å². The van der Waals surface area contributed by atoms with E-state index in [4.69, 9.17) is 4.42 Å². The summed E-state index contributed by atoms with van der Waals surface area (Å²) in [6, 6.07) is 7.84. The Hall–Kier alpha value is -2.10. The fourth-order valence-electron chi connectivity index (χ4n) is 2.79. The first-order chi connectivity index (χ1) is 10.5. The number of pyridine rings is 1. The van der Waals surface area contributed by atoms with Crippen LogP contribution in [0.15, 0.2) is 41.1 Å². The molecule has 2 rings (SSSR count). The SMILES string of the molecule is Cc1ccc(CCC(=O)N(C)C(c2cccnc2)C(C)C)o1. The van der Waals surface area contributed by atoms with Crippen molar-refractivity contribution in [2.24, 2.45) is 5.92 Å². The Bertz CT molecular complexity index is 605. The topological polar surface area (TPSA) is 46.3 Å². The molecule has 0 spiro atoms. The van der Waals surface area contributed by atoms with Crippen molar-refractivity contribution >= 4 is 5.91 Å². The van der Waals surface area contributed by atoms with Gasteiger partial charge in [0, 0.05) is 32.3 Å². The van der Waals surface area contributed by atoms with Gasteiger partial charge in [-0.15, -0.1) is 0 Å². The van der Waals surface area contributed by atoms with Gasteiger partial charge in [-0.2, -0.15) is 0 Å². The van der Waals surface area contributed by atoms with Gasteiger partial charge >= 0.3 is 0 Å². The van der Waals surface area contributed by atoms with Gasteiger partial charge in [0.1, 0.15) is 11.5 Å². The predicted octanol–water partition coefficient (Wildman–Crippen LogP) is 3.77. The molecule has 0 N–H and O–H groups in total. The van der Waals surface area contributed by atoms with E-state index in [-0.39, 0.29) is 11.9 Å². The van der Waals surface area contributed by atoms with Crippen LogP contribution in [0.1, 0.15) is 43.4 Å². The first-order valence-corrected chi connectivity index (χ1v) is 7.70. The first-order valence-electron chi connectivity index (χ1n) is 7.70. The maximum Gasteiger partial charge on any atom is 0.223 e. The quantitative estimate of drug-likeness (QED) is 0.815. The fourth-order valence-corrected chi connectivity index (χ4v) is 2.79. The van der Waals surface area contributed by atoms with Crippen molar-refractivity contribution in [2.75, 3.05) is 7.05 Å². The summed E-state index contributed by atoms with van der Waals surface area (Å²) in [4.78, 5) is 18.5. The lowest BCUT2D eigenvalue weighted by molar-refractivity contribution is -0.133. The van der Waals surface area contributed by atoms with Gasteiger partial charge in [0.05, 0.1) is 6.04 Å². The van der Waals surface area contributed by atoms with Crippen LogP contribution in [0.4, 0.5) is 0 Å². The molecular weight excluding hydrogens is 276 g/mol. The van der Waals surface area contributed by atoms with E-state index in [2.05, 4.69) is 18.8 Å². The zero-order valence-corrected chi connectivity index (χ0v) is 13.7. The lowest BCUT2D eigenvalue weighted by Crippen LogP contribution is -2.34. The molecule has 4 heteroatoms. The molecule has 22 heavy (non-hydrogen) atoms. The average Bonchev–Trinajstić information content (AvgIpc) is 2.91. The van der Waals surface area contributed by atoms with E-state index < -0.39 is 0 Å². The Morgan fingerprint density at radius 1 is 1.32 bits per heavy atom. The number of carbonyl (C=O) groups excluding carboxylic acids is 1. The highest BCUT2D eigenvalue weighted by molar-refractivity contribution is 5.76. The summed E-state index contributed by atoms with van der Waals surface area (Å²) in [5.74, 6) is 2.19. The number of nitrogens with zero attached hydrogens (tertiary/aromatic N) is 2. The minimum absolute atomic E-state index is 0.0412. The summed E-state index contributed by atoms with van der Waals surface area (Å²) in [5, 5.41) is 0. The molecule has 1 amide bonds. The Kier molecular flexibility index (Phi) is 5.36. The van der Waals surface area contributed by atoms with Crippen LogP contribution in [0.25, 0.3) is 0 Å². The molecule has 118 valence electrons. The highest BCUT2D eigenvalue weighted by Gasteiger charge is 2.24. The number of aryl methyl sites for hydroxylation is 2. The summed E-state index contributed by atoms with van der Waals surface area (Å²) < 4.78 is 5.53. The number of rotatable bonds is 6. The highest BCUT2D eigenvalue weighted by Crippen LogP contribution is 2.27. The largest absolute Gasteiger partial charge is 0.466 e. The van der Waals surface area contributed by atoms with Crippen LogP contribution >= 0.6 is 0 Å². The van der Waals surface area contributed by atoms with E-state index in [1.807, 2.05) is 49.3 Å². The van der Waals surface area contributed by atoms with Gasteiger partial charge in [-0.25, -0.2) is 0 Å². The standard InChI is InChI=1S/C18H24N2O2/c1-13(2)18(15-6-5-11-19-12-15)20(4)17(21)10-9-16-8-7-14(3)22-16/h5-8,11-13,18H,9-10H2,1-4H3. The number of aromatic nitrogens is 1. The van der Waals surface area contributed by atoms with E-state index in [9.17, 15) is 4.79 Å². The highest BCUT2D eigenvalue weighted by atomic mass is 16.3. The van der Waals surface area contributed by atoms with E-state index in [1.165, 1.54) is 0 Å². The average molecular weight is 300 g/mol. The van der Waals surface area contributed by atoms with Gasteiger partial charge in [-0.1, -0.05) is 19.9 Å². The van der Waals surface area contributed by atoms with Gasteiger partial charge < -0.3 is 9.32 Å². The van der Waals surface area contributed by atoms with E-state index in [0.717, 1.165) is 17.1 Å². The number of hydrogen-bond acceptors (Lipinski definition) is 3. The predicted molar refractivity (Wildman–Crippen MR) is 86.4 cm³/mol. The van der Waals surface area contributed by atoms with Crippen LogP contribution in [0.2, 0.25) is 0 Å². The molecule has 2 aromatic heterocycles. The zero-order valence-electron chi connectivity index (χ0n) is 13.7. The van der Waals surface area contributed by atoms with Crippen molar-refractivity contribution in [1.29, 1.82) is 0 Å². The third kappa shape index (κ3) is 3.97. The Labute approximate surface area is 132 Å². The van der Waals surface area contributed by atoms with Gasteiger partial charge in [-0.05, 0) is 36.6 Å². The van der Waals surface area contributed by atoms with Gasteiger partial charge in [0.15, 0.2) is 0 Å². The number of carbonyl (C=O) groups is 1. The molecule has 0 bridgehead atoms. The van der Waals surface area contributed by atoms with Crippen LogP contribution in [0.3, 0.4) is 0 Å². The molecule has 0 saturated carbocycles. The van der Waals surface area contributed by atoms with Crippen LogP contribution < -0.4 is 0 Å². The molecule has 1 unspecified atom stereocenters. The third-order valence-electron chi connectivity index (χ3n) is 3.85. The summed E-state index contributed by atoms with van der Waals surface area (Å²) in [6.07, 6.45) is 4.67. The summed E-state index contributed by atoms with van der Waals surface area (Å²) in [6.45, 7) is 6.16. The minimum Gasteiger partial charge on any atom is -0.466 e. The molecule has 0 aliphatic heterocycles. The van der Waals surface area contributed by atoms with E-state index in [1.54, 1.807) is 6.20 Å². The molecule has 4 nitrogen and oxygen atoms in total. The minimum atomic E-state index is 0.0412. The van der Waals surface area contributed by atoms with Crippen molar-refractivity contribution < 1.29 is 9.21 Å². The molecule has 0 saturated heterocycles. The fraction of sp³-hybridized carbons (Fsp3) is 0.444. The lowest BCUT2D eigenvalue weighted by Gasteiger charge is -2.31. The van der Waals surface area contributed by atoms with Crippen LogP contribution in [0, 0.1) is 12.8 Å². The second kappa shape index (κ2) is 7.25. The van der Waals surface area contributed by atoms with Crippen molar-refractivity contribution in [3.8, 4) is 0 Å². The van der Waals surface area contributed by atoms with Crippen molar-refractivity contribution in [1.82, 2.24) is 9.88 Å². The lowest BCUT2D eigenvalue weighted by atomic mass is 9.95. The molecule has 2 aromatic rings. The monoisotopic (exact) mass is 300 g/mol. The van der Waals surface area contributed by atoms with Gasteiger partial charge in [0.25, 0.3) is 0 Å². The van der Waals surface area contributed by atoms with Gasteiger partial charge in [-0.3, -0.25) is 9.78 Å². The second-order valence-electron chi connectivity index (χ2n) is 5.99. The zero-order chi connectivity index (χ0) is 16.1. The van der Waals surface area contributed by atoms with Gasteiger partial charge in [0.2, 0.25) is 5.91 Å². The number of furan rings is 1. The maximum absolute atomic E-state index is 12.5. The van der Waals surface area contributed by atoms with Crippen molar-refractivity contribution in [3.05, 3.63) is 53.7 Å².